The van der Waals surface area contributed by atoms with E-state index in [1.165, 1.54) is 19.3 Å². The van der Waals surface area contributed by atoms with Crippen LogP contribution in [0.2, 0.25) is 0 Å². The molecular formula is C10H21FN2. The Morgan fingerprint density at radius 1 is 1.31 bits per heavy atom. The molecule has 0 aromatic heterocycles. The van der Waals surface area contributed by atoms with Gasteiger partial charge in [0, 0.05) is 18.6 Å². The average molecular weight is 188 g/mol. The summed E-state index contributed by atoms with van der Waals surface area (Å²) < 4.78 is 12.2. The van der Waals surface area contributed by atoms with Crippen molar-refractivity contribution in [3.8, 4) is 0 Å². The van der Waals surface area contributed by atoms with Crippen LogP contribution in [0, 0.1) is 0 Å². The van der Waals surface area contributed by atoms with Gasteiger partial charge in [-0.2, -0.15) is 0 Å². The summed E-state index contributed by atoms with van der Waals surface area (Å²) >= 11 is 0. The number of rotatable bonds is 4. The number of nitrogens with two attached hydrogens (primary N) is 1. The Labute approximate surface area is 80.3 Å². The van der Waals surface area contributed by atoms with Crippen molar-refractivity contribution in [2.24, 2.45) is 5.73 Å². The predicted molar refractivity (Wildman–Crippen MR) is 53.5 cm³/mol. The summed E-state index contributed by atoms with van der Waals surface area (Å²) in [7, 11) is 2.00. The van der Waals surface area contributed by atoms with Crippen LogP contribution in [0.25, 0.3) is 0 Å². The summed E-state index contributed by atoms with van der Waals surface area (Å²) in [5.74, 6) is 0. The number of halogens is 1. The van der Waals surface area contributed by atoms with Gasteiger partial charge < -0.3 is 5.73 Å². The lowest BCUT2D eigenvalue weighted by molar-refractivity contribution is 0.0768. The van der Waals surface area contributed by atoms with Gasteiger partial charge in [-0.1, -0.05) is 19.3 Å². The minimum atomic E-state index is -0.266. The number of hydrogen-bond donors (Lipinski definition) is 1. The Kier molecular flexibility index (Phi) is 4.13. The average Bonchev–Trinajstić information content (AvgIpc) is 2.19. The van der Waals surface area contributed by atoms with Crippen molar-refractivity contribution >= 4 is 0 Å². The fraction of sp³-hybridized carbons (Fsp3) is 1.00. The van der Waals surface area contributed by atoms with Crippen molar-refractivity contribution in [2.45, 2.75) is 37.6 Å². The maximum absolute atomic E-state index is 12.2. The van der Waals surface area contributed by atoms with E-state index in [1.54, 1.807) is 0 Å². The summed E-state index contributed by atoms with van der Waals surface area (Å²) in [4.78, 5) is 2.12. The fourth-order valence-electron chi connectivity index (χ4n) is 2.32. The van der Waals surface area contributed by atoms with Gasteiger partial charge in [0.15, 0.2) is 0 Å². The Bertz CT molecular complexity index is 144. The van der Waals surface area contributed by atoms with Crippen molar-refractivity contribution in [1.29, 1.82) is 0 Å². The van der Waals surface area contributed by atoms with Crippen molar-refractivity contribution in [1.82, 2.24) is 4.90 Å². The van der Waals surface area contributed by atoms with E-state index in [0.717, 1.165) is 12.8 Å². The zero-order valence-corrected chi connectivity index (χ0v) is 8.56. The van der Waals surface area contributed by atoms with Gasteiger partial charge in [0.05, 0.1) is 0 Å². The Morgan fingerprint density at radius 2 is 1.92 bits per heavy atom. The van der Waals surface area contributed by atoms with Gasteiger partial charge >= 0.3 is 0 Å². The number of likely N-dealkylation sites (N-methyl/N-ethyl adjacent to an activating group) is 1. The van der Waals surface area contributed by atoms with Crippen LogP contribution in [0.4, 0.5) is 4.39 Å². The molecule has 1 aliphatic rings. The van der Waals surface area contributed by atoms with Crippen molar-refractivity contribution in [2.75, 3.05) is 26.8 Å². The summed E-state index contributed by atoms with van der Waals surface area (Å²) in [6, 6.07) is 0. The molecule has 0 unspecified atom stereocenters. The molecule has 0 atom stereocenters. The van der Waals surface area contributed by atoms with Crippen LogP contribution < -0.4 is 5.73 Å². The third kappa shape index (κ3) is 2.41. The summed E-state index contributed by atoms with van der Waals surface area (Å²) in [5, 5.41) is 0. The minimum absolute atomic E-state index is 0.102. The molecule has 0 aromatic carbocycles. The normalized spacial score (nSPS) is 22.2. The number of nitrogens with zero attached hydrogens (tertiary/aromatic N) is 1. The first-order chi connectivity index (χ1) is 6.25. The molecule has 0 amide bonds. The van der Waals surface area contributed by atoms with E-state index in [4.69, 9.17) is 5.73 Å². The molecule has 0 heterocycles. The number of hydrogen-bond acceptors (Lipinski definition) is 2. The molecule has 0 radical (unpaired) electrons. The SMILES string of the molecule is CN(CCF)C1(CN)CCCCC1. The fourth-order valence-corrected chi connectivity index (χ4v) is 2.32. The quantitative estimate of drug-likeness (QED) is 0.725. The first-order valence-corrected chi connectivity index (χ1v) is 5.22. The second-order valence-corrected chi connectivity index (χ2v) is 4.10. The van der Waals surface area contributed by atoms with Gasteiger partial charge in [-0.15, -0.1) is 0 Å². The summed E-state index contributed by atoms with van der Waals surface area (Å²) in [5.41, 5.74) is 5.91. The highest BCUT2D eigenvalue weighted by molar-refractivity contribution is 4.92. The zero-order chi connectivity index (χ0) is 9.73. The standard InChI is InChI=1S/C10H21FN2/c1-13(8-7-11)10(9-12)5-3-2-4-6-10/h2-9,12H2,1H3. The van der Waals surface area contributed by atoms with Crippen molar-refractivity contribution in [3.63, 3.8) is 0 Å². The van der Waals surface area contributed by atoms with E-state index in [0.29, 0.717) is 13.1 Å². The van der Waals surface area contributed by atoms with E-state index >= 15 is 0 Å². The highest BCUT2D eigenvalue weighted by atomic mass is 19.1. The van der Waals surface area contributed by atoms with Crippen LogP contribution in [-0.2, 0) is 0 Å². The van der Waals surface area contributed by atoms with Gasteiger partial charge in [-0.25, -0.2) is 4.39 Å². The molecule has 1 saturated carbocycles. The van der Waals surface area contributed by atoms with E-state index < -0.39 is 0 Å². The Hall–Kier alpha value is -0.150. The van der Waals surface area contributed by atoms with E-state index in [9.17, 15) is 4.39 Å². The van der Waals surface area contributed by atoms with Crippen molar-refractivity contribution in [3.05, 3.63) is 0 Å². The summed E-state index contributed by atoms with van der Waals surface area (Å²) in [6.07, 6.45) is 6.08. The smallest absolute Gasteiger partial charge is 0.102 e. The van der Waals surface area contributed by atoms with Crippen LogP contribution in [0.3, 0.4) is 0 Å². The molecule has 0 aliphatic heterocycles. The van der Waals surface area contributed by atoms with Crippen LogP contribution in [0.5, 0.6) is 0 Å². The molecular weight excluding hydrogens is 167 g/mol. The third-order valence-electron chi connectivity index (χ3n) is 3.39. The molecule has 0 spiro atoms. The van der Waals surface area contributed by atoms with Gasteiger partial charge in [0.2, 0.25) is 0 Å². The lowest BCUT2D eigenvalue weighted by Gasteiger charge is -2.43. The van der Waals surface area contributed by atoms with E-state index in [2.05, 4.69) is 4.90 Å². The Balaban J connectivity index is 2.55. The maximum atomic E-state index is 12.2. The van der Waals surface area contributed by atoms with Gasteiger partial charge in [0.1, 0.15) is 6.67 Å². The third-order valence-corrected chi connectivity index (χ3v) is 3.39. The summed E-state index contributed by atoms with van der Waals surface area (Å²) in [6.45, 7) is 0.930. The first-order valence-electron chi connectivity index (χ1n) is 5.22. The van der Waals surface area contributed by atoms with Crippen molar-refractivity contribution < 1.29 is 4.39 Å². The van der Waals surface area contributed by atoms with E-state index in [1.807, 2.05) is 7.05 Å². The molecule has 2 nitrogen and oxygen atoms in total. The molecule has 0 aromatic rings. The van der Waals surface area contributed by atoms with Crippen LogP contribution >= 0.6 is 0 Å². The largest absolute Gasteiger partial charge is 0.329 e. The zero-order valence-electron chi connectivity index (χ0n) is 8.56. The molecule has 0 saturated heterocycles. The monoisotopic (exact) mass is 188 g/mol. The topological polar surface area (TPSA) is 29.3 Å². The number of alkyl halides is 1. The molecule has 3 heteroatoms. The molecule has 13 heavy (non-hydrogen) atoms. The van der Waals surface area contributed by atoms with Gasteiger partial charge in [-0.05, 0) is 19.9 Å². The predicted octanol–water partition coefficient (Wildman–Crippen LogP) is 1.55. The highest BCUT2D eigenvalue weighted by Crippen LogP contribution is 2.31. The lowest BCUT2D eigenvalue weighted by atomic mass is 9.80. The van der Waals surface area contributed by atoms with Crippen LogP contribution in [-0.4, -0.2) is 37.3 Å². The highest BCUT2D eigenvalue weighted by Gasteiger charge is 2.34. The van der Waals surface area contributed by atoms with Crippen LogP contribution in [0.1, 0.15) is 32.1 Å². The lowest BCUT2D eigenvalue weighted by Crippen LogP contribution is -2.53. The first kappa shape index (κ1) is 10.9. The van der Waals surface area contributed by atoms with Gasteiger partial charge in [-0.3, -0.25) is 4.90 Å². The molecule has 1 fully saturated rings. The molecule has 2 N–H and O–H groups in total. The van der Waals surface area contributed by atoms with E-state index in [-0.39, 0.29) is 12.2 Å². The molecule has 1 rings (SSSR count). The molecule has 78 valence electrons. The molecule has 0 bridgehead atoms. The minimum Gasteiger partial charge on any atom is -0.329 e. The van der Waals surface area contributed by atoms with Crippen LogP contribution in [0.15, 0.2) is 0 Å². The second-order valence-electron chi connectivity index (χ2n) is 4.10. The Morgan fingerprint density at radius 3 is 2.38 bits per heavy atom. The maximum Gasteiger partial charge on any atom is 0.102 e. The molecule has 1 aliphatic carbocycles. The van der Waals surface area contributed by atoms with Gasteiger partial charge in [0.25, 0.3) is 0 Å². The second kappa shape index (κ2) is 4.91.